The first-order valence-corrected chi connectivity index (χ1v) is 5.70. The number of allylic oxidation sites excluding steroid dienone is 1. The number of rotatable bonds is 2. The molecule has 14 heavy (non-hydrogen) atoms. The Kier molecular flexibility index (Phi) is 3.02. The summed E-state index contributed by atoms with van der Waals surface area (Å²) in [7, 11) is 0. The monoisotopic (exact) mass is 194 g/mol. The molecule has 0 amide bonds. The van der Waals surface area contributed by atoms with Crippen molar-refractivity contribution >= 4 is 5.78 Å². The molecule has 1 N–H and O–H groups in total. The SMILES string of the molecule is O=C1CCC=C1C(O)C1CCCCC1. The summed E-state index contributed by atoms with van der Waals surface area (Å²) >= 11 is 0. The van der Waals surface area contributed by atoms with Crippen LogP contribution in [0.15, 0.2) is 11.6 Å². The number of carbonyl (C=O) groups is 1. The molecule has 1 fully saturated rings. The minimum atomic E-state index is -0.467. The van der Waals surface area contributed by atoms with Crippen molar-refractivity contribution in [1.29, 1.82) is 0 Å². The van der Waals surface area contributed by atoms with E-state index in [2.05, 4.69) is 0 Å². The molecule has 2 nitrogen and oxygen atoms in total. The lowest BCUT2D eigenvalue weighted by molar-refractivity contribution is -0.116. The van der Waals surface area contributed by atoms with Crippen LogP contribution < -0.4 is 0 Å². The lowest BCUT2D eigenvalue weighted by atomic mass is 9.82. The van der Waals surface area contributed by atoms with E-state index < -0.39 is 6.10 Å². The summed E-state index contributed by atoms with van der Waals surface area (Å²) in [6.45, 7) is 0. The molecular formula is C12H18O2. The maximum Gasteiger partial charge on any atom is 0.161 e. The van der Waals surface area contributed by atoms with Gasteiger partial charge in [-0.15, -0.1) is 0 Å². The number of Topliss-reactive ketones (excluding diaryl/α,β-unsaturated/α-hetero) is 1. The molecule has 0 bridgehead atoms. The summed E-state index contributed by atoms with van der Waals surface area (Å²) in [5, 5.41) is 10.1. The van der Waals surface area contributed by atoms with Gasteiger partial charge in [0, 0.05) is 12.0 Å². The summed E-state index contributed by atoms with van der Waals surface area (Å²) in [5.41, 5.74) is 0.705. The molecule has 78 valence electrons. The first-order valence-electron chi connectivity index (χ1n) is 5.70. The standard InChI is InChI=1S/C12H18O2/c13-11-8-4-7-10(11)12(14)9-5-2-1-3-6-9/h7,9,12,14H,1-6,8H2. The molecule has 1 atom stereocenters. The van der Waals surface area contributed by atoms with Crippen LogP contribution in [-0.4, -0.2) is 17.0 Å². The summed E-state index contributed by atoms with van der Waals surface area (Å²) in [4.78, 5) is 11.4. The van der Waals surface area contributed by atoms with Crippen molar-refractivity contribution in [1.82, 2.24) is 0 Å². The number of aliphatic hydroxyl groups excluding tert-OH is 1. The van der Waals surface area contributed by atoms with Crippen LogP contribution in [0.25, 0.3) is 0 Å². The predicted octanol–water partition coefficient (Wildman–Crippen LogP) is 2.22. The minimum Gasteiger partial charge on any atom is -0.388 e. The van der Waals surface area contributed by atoms with Gasteiger partial charge in [-0.2, -0.15) is 0 Å². The molecular weight excluding hydrogens is 176 g/mol. The second-order valence-electron chi connectivity index (χ2n) is 4.46. The molecule has 0 radical (unpaired) electrons. The van der Waals surface area contributed by atoms with Crippen LogP contribution in [0.5, 0.6) is 0 Å². The van der Waals surface area contributed by atoms with Gasteiger partial charge in [0.15, 0.2) is 5.78 Å². The van der Waals surface area contributed by atoms with Crippen molar-refractivity contribution in [3.63, 3.8) is 0 Å². The van der Waals surface area contributed by atoms with Gasteiger partial charge in [0.25, 0.3) is 0 Å². The molecule has 2 aliphatic carbocycles. The number of carbonyl (C=O) groups excluding carboxylic acids is 1. The highest BCUT2D eigenvalue weighted by Crippen LogP contribution is 2.31. The first kappa shape index (κ1) is 9.91. The predicted molar refractivity (Wildman–Crippen MR) is 54.9 cm³/mol. The quantitative estimate of drug-likeness (QED) is 0.731. The summed E-state index contributed by atoms with van der Waals surface area (Å²) < 4.78 is 0. The lowest BCUT2D eigenvalue weighted by Crippen LogP contribution is -2.27. The van der Waals surface area contributed by atoms with Gasteiger partial charge < -0.3 is 5.11 Å². The van der Waals surface area contributed by atoms with Gasteiger partial charge >= 0.3 is 0 Å². The average Bonchev–Trinajstić information content (AvgIpc) is 2.65. The van der Waals surface area contributed by atoms with E-state index in [-0.39, 0.29) is 5.78 Å². The van der Waals surface area contributed by atoms with Crippen LogP contribution in [0.3, 0.4) is 0 Å². The van der Waals surface area contributed by atoms with Crippen LogP contribution in [0, 0.1) is 5.92 Å². The fraction of sp³-hybridized carbons (Fsp3) is 0.750. The molecule has 0 aromatic rings. The molecule has 1 saturated carbocycles. The van der Waals surface area contributed by atoms with Crippen molar-refractivity contribution in [2.24, 2.45) is 5.92 Å². The number of aliphatic hydroxyl groups is 1. The van der Waals surface area contributed by atoms with Gasteiger partial charge in [0.2, 0.25) is 0 Å². The highest BCUT2D eigenvalue weighted by Gasteiger charge is 2.29. The second kappa shape index (κ2) is 4.26. The van der Waals surface area contributed by atoms with Gasteiger partial charge in [0.1, 0.15) is 0 Å². The Labute approximate surface area is 85.0 Å². The van der Waals surface area contributed by atoms with Crippen molar-refractivity contribution < 1.29 is 9.90 Å². The zero-order valence-electron chi connectivity index (χ0n) is 8.54. The third-order valence-corrected chi connectivity index (χ3v) is 3.47. The van der Waals surface area contributed by atoms with Crippen LogP contribution >= 0.6 is 0 Å². The van der Waals surface area contributed by atoms with Gasteiger partial charge in [0.05, 0.1) is 6.10 Å². The number of hydrogen-bond donors (Lipinski definition) is 1. The number of hydrogen-bond acceptors (Lipinski definition) is 2. The smallest absolute Gasteiger partial charge is 0.161 e. The van der Waals surface area contributed by atoms with Crippen LogP contribution in [0.4, 0.5) is 0 Å². The second-order valence-corrected chi connectivity index (χ2v) is 4.46. The fourth-order valence-corrected chi connectivity index (χ4v) is 2.61. The molecule has 1 unspecified atom stereocenters. The van der Waals surface area contributed by atoms with E-state index in [9.17, 15) is 9.90 Å². The molecule has 0 aliphatic heterocycles. The molecule has 0 aromatic heterocycles. The van der Waals surface area contributed by atoms with Crippen molar-refractivity contribution in [3.8, 4) is 0 Å². The molecule has 0 aromatic carbocycles. The van der Waals surface area contributed by atoms with E-state index in [0.717, 1.165) is 19.3 Å². The fourth-order valence-electron chi connectivity index (χ4n) is 2.61. The summed E-state index contributed by atoms with van der Waals surface area (Å²) in [6, 6.07) is 0. The lowest BCUT2D eigenvalue weighted by Gasteiger charge is -2.26. The normalized spacial score (nSPS) is 26.4. The van der Waals surface area contributed by atoms with E-state index in [1.165, 1.54) is 19.3 Å². The molecule has 0 heterocycles. The highest BCUT2D eigenvalue weighted by atomic mass is 16.3. The zero-order chi connectivity index (χ0) is 9.97. The highest BCUT2D eigenvalue weighted by molar-refractivity contribution is 5.98. The third-order valence-electron chi connectivity index (χ3n) is 3.47. The molecule has 2 heteroatoms. The topological polar surface area (TPSA) is 37.3 Å². The zero-order valence-corrected chi connectivity index (χ0v) is 8.54. The Balaban J connectivity index is 1.99. The van der Waals surface area contributed by atoms with Gasteiger partial charge in [-0.1, -0.05) is 25.3 Å². The largest absolute Gasteiger partial charge is 0.388 e. The molecule has 2 rings (SSSR count). The Morgan fingerprint density at radius 3 is 2.57 bits per heavy atom. The Morgan fingerprint density at radius 1 is 1.29 bits per heavy atom. The maximum atomic E-state index is 11.4. The van der Waals surface area contributed by atoms with Gasteiger partial charge in [-0.3, -0.25) is 4.79 Å². The van der Waals surface area contributed by atoms with E-state index in [0.29, 0.717) is 17.9 Å². The molecule has 0 spiro atoms. The molecule has 0 saturated heterocycles. The van der Waals surface area contributed by atoms with Gasteiger partial charge in [-0.25, -0.2) is 0 Å². The van der Waals surface area contributed by atoms with E-state index >= 15 is 0 Å². The van der Waals surface area contributed by atoms with Crippen LogP contribution in [0.2, 0.25) is 0 Å². The van der Waals surface area contributed by atoms with E-state index in [1.54, 1.807) is 0 Å². The summed E-state index contributed by atoms with van der Waals surface area (Å²) in [6.07, 6.45) is 8.80. The Morgan fingerprint density at radius 2 is 2.00 bits per heavy atom. The summed E-state index contributed by atoms with van der Waals surface area (Å²) in [5.74, 6) is 0.514. The maximum absolute atomic E-state index is 11.4. The van der Waals surface area contributed by atoms with Crippen LogP contribution in [0.1, 0.15) is 44.9 Å². The Hall–Kier alpha value is -0.630. The number of ketones is 1. The molecule has 2 aliphatic rings. The minimum absolute atomic E-state index is 0.170. The van der Waals surface area contributed by atoms with Crippen molar-refractivity contribution in [3.05, 3.63) is 11.6 Å². The van der Waals surface area contributed by atoms with Gasteiger partial charge in [-0.05, 0) is 25.2 Å². The third kappa shape index (κ3) is 1.90. The van der Waals surface area contributed by atoms with E-state index in [4.69, 9.17) is 0 Å². The van der Waals surface area contributed by atoms with Crippen LogP contribution in [-0.2, 0) is 4.79 Å². The van der Waals surface area contributed by atoms with Crippen molar-refractivity contribution in [2.45, 2.75) is 51.0 Å². The Bertz CT molecular complexity index is 249. The van der Waals surface area contributed by atoms with Crippen molar-refractivity contribution in [2.75, 3.05) is 0 Å². The first-order chi connectivity index (χ1) is 6.79. The van der Waals surface area contributed by atoms with E-state index in [1.807, 2.05) is 6.08 Å². The average molecular weight is 194 g/mol.